The van der Waals surface area contributed by atoms with Crippen molar-refractivity contribution in [2.24, 2.45) is 23.1 Å². The molecule has 1 fully saturated rings. The summed E-state index contributed by atoms with van der Waals surface area (Å²) in [6, 6.07) is 6.46. The molecule has 0 radical (unpaired) electrons. The molecule has 119 heavy (non-hydrogen) atoms. The lowest BCUT2D eigenvalue weighted by molar-refractivity contribution is -0.136. The van der Waals surface area contributed by atoms with Crippen LogP contribution in [0.1, 0.15) is 73.3 Å². The minimum absolute atomic E-state index is 0.0185. The molecular weight excluding hydrogens is 1560 g/mol. The average molecular weight is 1660 g/mol. The summed E-state index contributed by atoms with van der Waals surface area (Å²) < 4.78 is 0. The number of aliphatic hydroxyl groups is 1. The number of primary amides is 1. The molecule has 42 nitrogen and oxygen atoms in total. The number of thioether (sulfide) groups is 1. The number of hydrogen-bond donors (Lipinski definition) is 25. The van der Waals surface area contributed by atoms with E-state index in [0.29, 0.717) is 27.6 Å². The molecule has 0 saturated carbocycles. The highest BCUT2D eigenvalue weighted by molar-refractivity contribution is 8.00. The van der Waals surface area contributed by atoms with E-state index in [9.17, 15) is 57.8 Å². The molecule has 14 amide bonds. The van der Waals surface area contributed by atoms with E-state index in [-0.39, 0.29) is 94.4 Å². The third kappa shape index (κ3) is 29.8. The van der Waals surface area contributed by atoms with Gasteiger partial charge in [0.05, 0.1) is 61.5 Å². The number of para-hydroxylation sites is 1. The van der Waals surface area contributed by atoms with Crippen LogP contribution in [0.5, 0.6) is 0 Å². The van der Waals surface area contributed by atoms with Gasteiger partial charge in [0.15, 0.2) is 11.9 Å². The van der Waals surface area contributed by atoms with Crippen LogP contribution in [0.4, 0.5) is 0 Å². The largest absolute Gasteiger partial charge is 0.394 e. The number of rotatable bonds is 25. The maximum absolute atomic E-state index is 15.1. The summed E-state index contributed by atoms with van der Waals surface area (Å²) in [6.45, 7) is 0.508. The Morgan fingerprint density at radius 1 is 0.471 bits per heavy atom. The summed E-state index contributed by atoms with van der Waals surface area (Å²) >= 11 is 0.797. The van der Waals surface area contributed by atoms with Gasteiger partial charge in [0.25, 0.3) is 0 Å². The number of aliphatic hydroxyl groups excluding tert-OH is 1. The molecule has 636 valence electrons. The Labute approximate surface area is 686 Å². The van der Waals surface area contributed by atoms with Gasteiger partial charge in [-0.25, -0.2) is 15.0 Å². The Morgan fingerprint density at radius 2 is 0.882 bits per heavy atom. The number of guanidine groups is 2. The smallest absolute Gasteiger partial charge is 0.245 e. The van der Waals surface area contributed by atoms with Gasteiger partial charge in [-0.3, -0.25) is 77.9 Å². The number of carbonyl (C=O) groups excluding carboxylic acids is 14. The molecular formula is C76H101N27O15S. The van der Waals surface area contributed by atoms with Crippen LogP contribution in [-0.4, -0.2) is 245 Å². The number of imidazole rings is 3. The summed E-state index contributed by atoms with van der Waals surface area (Å²) in [5, 5.41) is 65.9. The van der Waals surface area contributed by atoms with Crippen molar-refractivity contribution >= 4 is 117 Å². The van der Waals surface area contributed by atoms with E-state index in [4.69, 9.17) is 28.0 Å². The first kappa shape index (κ1) is 90.8. The third-order valence-electron chi connectivity index (χ3n) is 18.7. The summed E-state index contributed by atoms with van der Waals surface area (Å²) in [6.07, 6.45) is 7.70. The lowest BCUT2D eigenvalue weighted by Gasteiger charge is -2.28. The fraction of sp³-hybridized carbons (Fsp3) is 0.408. The Hall–Kier alpha value is -13.7. The first-order chi connectivity index (χ1) is 57.1. The second kappa shape index (κ2) is 46.1. The quantitative estimate of drug-likeness (QED) is 0.0144. The Morgan fingerprint density at radius 3 is 1.35 bits per heavy atom. The predicted octanol–water partition coefficient (Wildman–Crippen LogP) is -5.93. The Bertz CT molecular complexity index is 4610. The van der Waals surface area contributed by atoms with Crippen LogP contribution in [0.2, 0.25) is 0 Å². The molecule has 0 bridgehead atoms. The van der Waals surface area contributed by atoms with E-state index in [1.807, 2.05) is 0 Å². The molecule has 11 unspecified atom stereocenters. The SMILES string of the molecule is CC(C)C1NC(=O)C(Cc2ccccc2)NC(=O)CSCC(C(=O)NCC(N)=O)NC(=O)C(Cc2c[nH]cn2)NC(=O)C(CCCNC(=N)N)NC(=O)C(Cc2c[nH]cn2)NC(=O)C(Cc2ccccc2)NC(=O)C(CCCNC(=N)N)NC(=O)C(CO)NC(=O)CNC(=O)C(Cc2c[nH]cn2)NC(=O)C(Cc2c[nH]c3ccccc23)NC1=O. The van der Waals surface area contributed by atoms with Gasteiger partial charge in [0, 0.05) is 93.1 Å². The van der Waals surface area contributed by atoms with Crippen molar-refractivity contribution in [2.45, 2.75) is 145 Å². The fourth-order valence-electron chi connectivity index (χ4n) is 12.6. The zero-order chi connectivity index (χ0) is 85.9. The fourth-order valence-corrected chi connectivity index (χ4v) is 13.4. The number of aromatic amines is 4. The topological polar surface area (TPSA) is 667 Å². The number of nitrogens with one attached hydrogen (secondary N) is 21. The van der Waals surface area contributed by atoms with Gasteiger partial charge in [-0.15, -0.1) is 11.8 Å². The van der Waals surface area contributed by atoms with E-state index in [0.717, 1.165) is 11.8 Å². The van der Waals surface area contributed by atoms with E-state index in [1.54, 1.807) is 105 Å². The number of amides is 14. The highest BCUT2D eigenvalue weighted by Crippen LogP contribution is 2.21. The van der Waals surface area contributed by atoms with Crippen molar-refractivity contribution in [3.05, 3.63) is 162 Å². The number of hydrogen-bond acceptors (Lipinski definition) is 21. The molecule has 8 rings (SSSR count). The highest BCUT2D eigenvalue weighted by atomic mass is 32.2. The number of H-pyrrole nitrogens is 4. The second-order valence-corrected chi connectivity index (χ2v) is 29.3. The van der Waals surface area contributed by atoms with E-state index < -0.39 is 198 Å². The zero-order valence-corrected chi connectivity index (χ0v) is 66.0. The summed E-state index contributed by atoms with van der Waals surface area (Å²) in [7, 11) is 0. The summed E-state index contributed by atoms with van der Waals surface area (Å²) in [4.78, 5) is 227. The molecule has 0 aliphatic carbocycles. The molecule has 7 aromatic rings. The van der Waals surface area contributed by atoms with Crippen molar-refractivity contribution in [3.8, 4) is 0 Å². The lowest BCUT2D eigenvalue weighted by atomic mass is 9.99. The van der Waals surface area contributed by atoms with Crippen LogP contribution < -0.4 is 97.0 Å². The van der Waals surface area contributed by atoms with Gasteiger partial charge in [-0.1, -0.05) is 92.7 Å². The number of carbonyl (C=O) groups is 14. The van der Waals surface area contributed by atoms with Gasteiger partial charge in [-0.2, -0.15) is 0 Å². The van der Waals surface area contributed by atoms with Crippen molar-refractivity contribution in [2.75, 3.05) is 44.3 Å². The first-order valence-electron chi connectivity index (χ1n) is 38.2. The van der Waals surface area contributed by atoms with Crippen LogP contribution in [-0.2, 0) is 106 Å². The Balaban J connectivity index is 1.17. The molecule has 0 spiro atoms. The number of benzene rings is 3. The summed E-state index contributed by atoms with van der Waals surface area (Å²) in [5.41, 5.74) is 19.5. The van der Waals surface area contributed by atoms with Crippen molar-refractivity contribution in [1.82, 2.24) is 115 Å². The molecule has 5 heterocycles. The minimum Gasteiger partial charge on any atom is -0.394 e. The molecule has 3 aromatic carbocycles. The third-order valence-corrected chi connectivity index (χ3v) is 19.7. The predicted molar refractivity (Wildman–Crippen MR) is 433 cm³/mol. The van der Waals surface area contributed by atoms with Gasteiger partial charge in [-0.05, 0) is 54.4 Å². The van der Waals surface area contributed by atoms with Crippen molar-refractivity contribution in [3.63, 3.8) is 0 Å². The van der Waals surface area contributed by atoms with Gasteiger partial charge in [0.2, 0.25) is 82.7 Å². The summed E-state index contributed by atoms with van der Waals surface area (Å²) in [5.74, 6) is -16.1. The van der Waals surface area contributed by atoms with E-state index >= 15 is 14.4 Å². The molecule has 1 aliphatic rings. The number of nitrogens with two attached hydrogens (primary N) is 3. The highest BCUT2D eigenvalue weighted by Gasteiger charge is 2.38. The normalized spacial score (nSPS) is 22.0. The molecule has 1 aliphatic heterocycles. The number of aromatic nitrogens is 7. The van der Waals surface area contributed by atoms with Crippen LogP contribution >= 0.6 is 11.8 Å². The van der Waals surface area contributed by atoms with E-state index in [2.05, 4.69) is 115 Å². The Kier molecular flexibility index (Phi) is 35.2. The van der Waals surface area contributed by atoms with Crippen LogP contribution in [0.25, 0.3) is 10.9 Å². The van der Waals surface area contributed by atoms with Gasteiger partial charge in [0.1, 0.15) is 66.5 Å². The maximum atomic E-state index is 15.1. The lowest BCUT2D eigenvalue weighted by Crippen LogP contribution is -2.61. The van der Waals surface area contributed by atoms with Crippen LogP contribution in [0.3, 0.4) is 0 Å². The molecule has 28 N–H and O–H groups in total. The van der Waals surface area contributed by atoms with E-state index in [1.165, 1.54) is 37.6 Å². The van der Waals surface area contributed by atoms with Gasteiger partial charge < -0.3 is 122 Å². The van der Waals surface area contributed by atoms with Crippen molar-refractivity contribution in [1.29, 1.82) is 10.8 Å². The zero-order valence-electron chi connectivity index (χ0n) is 65.2. The maximum Gasteiger partial charge on any atom is 0.245 e. The standard InChI is InChI=1S/C76H101N27O15S/c1-41(2)63-74(118)101-54(25-44-29-87-49-18-10-9-17-48(44)49)69(113)98-55(26-45-30-82-38-90-45)64(108)89-34-61(106)94-58(35-104)73(117)96-51(20-12-22-86-76(80)81)66(110)97-53(24-43-15-7-4-8-16-43)68(112)100-56(27-46-31-83-39-91-46)70(114)95-50(19-11-21-85-75(78)79)67(111)99-57(28-47-32-84-40-92-47)71(115)102-59(65(109)88-33-60(77)105)36-119-37-62(107)93-52(72(116)103-63)23-42-13-5-3-6-14-42/h3-10,13-18,29-32,38-41,50-59,63,87,104H,11-12,19-28,33-37H2,1-2H3,(H2,77,105)(H,82,90)(H,83,91)(H,84,92)(H,88,109)(H,89,108)(H,93,107)(H,94,106)(H,95,114)(H,96,117)(H,97,110)(H,98,113)(H,99,111)(H,100,112)(H,101,118)(H,102,115)(H,103,116)(H4,78,79,85)(H4,80,81,86). The average Bonchev–Trinajstić information content (AvgIpc) is 1.71. The molecule has 1 saturated heterocycles. The monoisotopic (exact) mass is 1660 g/mol. The van der Waals surface area contributed by atoms with Crippen LogP contribution in [0.15, 0.2) is 129 Å². The van der Waals surface area contributed by atoms with Crippen LogP contribution in [0, 0.1) is 16.7 Å². The molecule has 43 heteroatoms. The van der Waals surface area contributed by atoms with Gasteiger partial charge >= 0.3 is 0 Å². The minimum atomic E-state index is -1.83. The number of fused-ring (bicyclic) bond motifs is 1. The first-order valence-corrected chi connectivity index (χ1v) is 39.3. The second-order valence-electron chi connectivity index (χ2n) is 28.3. The number of nitrogens with zero attached hydrogens (tertiary/aromatic N) is 3. The molecule has 11 atom stereocenters. The molecule has 4 aromatic heterocycles. The van der Waals surface area contributed by atoms with Crippen molar-refractivity contribution < 1.29 is 72.2 Å².